The lowest BCUT2D eigenvalue weighted by atomic mass is 9.95. The van der Waals surface area contributed by atoms with E-state index in [4.69, 9.17) is 4.74 Å². The van der Waals surface area contributed by atoms with Crippen LogP contribution in [0.25, 0.3) is 0 Å². The lowest BCUT2D eigenvalue weighted by molar-refractivity contribution is -0.124. The van der Waals surface area contributed by atoms with Gasteiger partial charge in [-0.2, -0.15) is 0 Å². The minimum atomic E-state index is 0.0833. The molecule has 0 radical (unpaired) electrons. The van der Waals surface area contributed by atoms with Crippen molar-refractivity contribution >= 4 is 5.78 Å². The summed E-state index contributed by atoms with van der Waals surface area (Å²) < 4.78 is 5.52. The van der Waals surface area contributed by atoms with E-state index in [1.807, 2.05) is 31.2 Å². The molecule has 0 fully saturated rings. The molecule has 0 N–H and O–H groups in total. The number of benzene rings is 1. The monoisotopic (exact) mass is 248 g/mol. The Balaban J connectivity index is 2.41. The lowest BCUT2D eigenvalue weighted by Gasteiger charge is -2.13. The fourth-order valence-electron chi connectivity index (χ4n) is 1.96. The number of Topliss-reactive ketones (excluding diaryl/α,β-unsaturated/α-hetero) is 1. The zero-order valence-corrected chi connectivity index (χ0v) is 11.9. The number of rotatable bonds is 7. The zero-order valence-electron chi connectivity index (χ0n) is 11.9. The third-order valence-corrected chi connectivity index (χ3v) is 3.09. The van der Waals surface area contributed by atoms with Gasteiger partial charge in [-0.05, 0) is 36.5 Å². The first-order valence-electron chi connectivity index (χ1n) is 6.77. The molecule has 2 nitrogen and oxygen atoms in total. The number of carbonyl (C=O) groups is 1. The Morgan fingerprint density at radius 3 is 2.28 bits per heavy atom. The van der Waals surface area contributed by atoms with Crippen LogP contribution in [-0.2, 0) is 11.2 Å². The summed E-state index contributed by atoms with van der Waals surface area (Å²) in [7, 11) is 0. The fraction of sp³-hybridized carbons (Fsp3) is 0.562. The van der Waals surface area contributed by atoms with E-state index >= 15 is 0 Å². The fourth-order valence-corrected chi connectivity index (χ4v) is 1.96. The van der Waals surface area contributed by atoms with Gasteiger partial charge in [0.25, 0.3) is 0 Å². The van der Waals surface area contributed by atoms with Crippen LogP contribution >= 0.6 is 0 Å². The molecule has 0 amide bonds. The second-order valence-corrected chi connectivity index (χ2v) is 5.28. The highest BCUT2D eigenvalue weighted by atomic mass is 16.5. The van der Waals surface area contributed by atoms with Crippen LogP contribution < -0.4 is 4.74 Å². The topological polar surface area (TPSA) is 26.3 Å². The molecule has 2 heteroatoms. The van der Waals surface area contributed by atoms with Crippen molar-refractivity contribution in [2.75, 3.05) is 6.61 Å². The van der Waals surface area contributed by atoms with E-state index in [1.54, 1.807) is 0 Å². The summed E-state index contributed by atoms with van der Waals surface area (Å²) in [6.07, 6.45) is 1.95. The summed E-state index contributed by atoms with van der Waals surface area (Å²) in [5, 5.41) is 0. The number of hydrogen-bond donors (Lipinski definition) is 0. The first kappa shape index (κ1) is 14.7. The van der Waals surface area contributed by atoms with Gasteiger partial charge in [-0.3, -0.25) is 4.79 Å². The summed E-state index contributed by atoms with van der Waals surface area (Å²) in [4.78, 5) is 11.8. The van der Waals surface area contributed by atoms with Crippen LogP contribution in [0, 0.1) is 11.8 Å². The molecule has 0 aliphatic heterocycles. The second kappa shape index (κ2) is 7.20. The average molecular weight is 248 g/mol. The predicted molar refractivity (Wildman–Crippen MR) is 74.9 cm³/mol. The highest BCUT2D eigenvalue weighted by molar-refractivity contribution is 5.82. The average Bonchev–Trinajstić information content (AvgIpc) is 2.35. The van der Waals surface area contributed by atoms with Crippen LogP contribution in [0.5, 0.6) is 5.75 Å². The molecule has 18 heavy (non-hydrogen) atoms. The molecular formula is C16H24O2. The molecule has 0 saturated carbocycles. The van der Waals surface area contributed by atoms with Crippen LogP contribution in [-0.4, -0.2) is 12.4 Å². The molecule has 0 aliphatic carbocycles. The van der Waals surface area contributed by atoms with Gasteiger partial charge < -0.3 is 4.74 Å². The van der Waals surface area contributed by atoms with Crippen molar-refractivity contribution in [3.05, 3.63) is 29.8 Å². The van der Waals surface area contributed by atoms with Crippen LogP contribution in [0.3, 0.4) is 0 Å². The van der Waals surface area contributed by atoms with Crippen molar-refractivity contribution in [1.29, 1.82) is 0 Å². The van der Waals surface area contributed by atoms with Gasteiger partial charge in [-0.25, -0.2) is 0 Å². The van der Waals surface area contributed by atoms with Crippen LogP contribution in [0.2, 0.25) is 0 Å². The maximum atomic E-state index is 11.8. The Morgan fingerprint density at radius 1 is 1.17 bits per heavy atom. The molecular weight excluding hydrogens is 224 g/mol. The van der Waals surface area contributed by atoms with Gasteiger partial charge in [0.2, 0.25) is 0 Å². The summed E-state index contributed by atoms with van der Waals surface area (Å²) in [5.74, 6) is 1.59. The predicted octanol–water partition coefficient (Wildman–Crippen LogP) is 3.88. The van der Waals surface area contributed by atoms with Crippen molar-refractivity contribution < 1.29 is 9.53 Å². The molecule has 0 saturated heterocycles. The van der Waals surface area contributed by atoms with E-state index in [0.717, 1.165) is 18.6 Å². The Labute approximate surface area is 110 Å². The summed E-state index contributed by atoms with van der Waals surface area (Å²) in [5.41, 5.74) is 1.28. The van der Waals surface area contributed by atoms with Crippen LogP contribution in [0.1, 0.15) is 39.7 Å². The Kier molecular flexibility index (Phi) is 5.90. The van der Waals surface area contributed by atoms with Gasteiger partial charge >= 0.3 is 0 Å². The molecule has 1 atom stereocenters. The number of aryl methyl sites for hydroxylation is 1. The first-order chi connectivity index (χ1) is 8.52. The molecule has 0 spiro atoms. The summed E-state index contributed by atoms with van der Waals surface area (Å²) in [6, 6.07) is 7.94. The molecule has 1 rings (SSSR count). The van der Waals surface area contributed by atoms with E-state index in [0.29, 0.717) is 5.92 Å². The smallest absolute Gasteiger partial charge is 0.172 e. The zero-order chi connectivity index (χ0) is 13.5. The lowest BCUT2D eigenvalue weighted by Crippen LogP contribution is -2.20. The number of hydrogen-bond acceptors (Lipinski definition) is 2. The first-order valence-corrected chi connectivity index (χ1v) is 6.77. The van der Waals surface area contributed by atoms with Gasteiger partial charge in [0.05, 0.1) is 0 Å². The maximum Gasteiger partial charge on any atom is 0.172 e. The molecule has 0 bridgehead atoms. The molecule has 0 unspecified atom stereocenters. The second-order valence-electron chi connectivity index (χ2n) is 5.28. The molecule has 100 valence electrons. The minimum absolute atomic E-state index is 0.0833. The van der Waals surface area contributed by atoms with Crippen molar-refractivity contribution in [1.82, 2.24) is 0 Å². The third-order valence-electron chi connectivity index (χ3n) is 3.09. The molecule has 0 heterocycles. The van der Waals surface area contributed by atoms with Gasteiger partial charge in [-0.1, -0.05) is 39.8 Å². The van der Waals surface area contributed by atoms with Gasteiger partial charge in [-0.15, -0.1) is 0 Å². The quantitative estimate of drug-likeness (QED) is 0.732. The highest BCUT2D eigenvalue weighted by Gasteiger charge is 2.14. The largest absolute Gasteiger partial charge is 0.486 e. The third kappa shape index (κ3) is 4.91. The van der Waals surface area contributed by atoms with Gasteiger partial charge in [0, 0.05) is 5.92 Å². The van der Waals surface area contributed by atoms with Gasteiger partial charge in [0.15, 0.2) is 5.78 Å². The maximum absolute atomic E-state index is 11.8. The van der Waals surface area contributed by atoms with E-state index in [-0.39, 0.29) is 18.3 Å². The number of ether oxygens (including phenoxy) is 1. The standard InChI is InChI=1S/C16H24O2/c1-5-14-6-8-15(9-7-14)18-11-16(17)13(4)10-12(2)3/h6-9,12-13H,5,10-11H2,1-4H3/t13-/m1/s1. The van der Waals surface area contributed by atoms with Crippen molar-refractivity contribution in [2.24, 2.45) is 11.8 Å². The number of ketones is 1. The molecule has 0 aromatic heterocycles. The van der Waals surface area contributed by atoms with Crippen molar-refractivity contribution in [3.8, 4) is 5.75 Å². The number of carbonyl (C=O) groups excluding carboxylic acids is 1. The Hall–Kier alpha value is -1.31. The SMILES string of the molecule is CCc1ccc(OCC(=O)[C@H](C)CC(C)C)cc1. The minimum Gasteiger partial charge on any atom is -0.486 e. The molecule has 1 aromatic carbocycles. The van der Waals surface area contributed by atoms with E-state index in [2.05, 4.69) is 20.8 Å². The van der Waals surface area contributed by atoms with Crippen LogP contribution in [0.15, 0.2) is 24.3 Å². The van der Waals surface area contributed by atoms with E-state index in [1.165, 1.54) is 5.56 Å². The molecule has 1 aromatic rings. The highest BCUT2D eigenvalue weighted by Crippen LogP contribution is 2.15. The van der Waals surface area contributed by atoms with Crippen molar-refractivity contribution in [3.63, 3.8) is 0 Å². The summed E-state index contributed by atoms with van der Waals surface area (Å²) >= 11 is 0. The Morgan fingerprint density at radius 2 is 1.78 bits per heavy atom. The normalized spacial score (nSPS) is 12.5. The Bertz CT molecular complexity index is 365. The summed E-state index contributed by atoms with van der Waals surface area (Å²) in [6.45, 7) is 8.54. The molecule has 0 aliphatic rings. The van der Waals surface area contributed by atoms with E-state index in [9.17, 15) is 4.79 Å². The van der Waals surface area contributed by atoms with Crippen LogP contribution in [0.4, 0.5) is 0 Å². The van der Waals surface area contributed by atoms with Gasteiger partial charge in [0.1, 0.15) is 12.4 Å². The van der Waals surface area contributed by atoms with E-state index < -0.39 is 0 Å². The van der Waals surface area contributed by atoms with Crippen molar-refractivity contribution in [2.45, 2.75) is 40.5 Å².